The average Bonchev–Trinajstić information content (AvgIpc) is 2.87. The lowest BCUT2D eigenvalue weighted by Gasteiger charge is -2.16. The van der Waals surface area contributed by atoms with E-state index in [0.29, 0.717) is 43.8 Å². The van der Waals surface area contributed by atoms with Gasteiger partial charge in [0.25, 0.3) is 0 Å². The Morgan fingerprint density at radius 3 is 1.47 bits per heavy atom. The lowest BCUT2D eigenvalue weighted by atomic mass is 9.98. The summed E-state index contributed by atoms with van der Waals surface area (Å²) in [6.45, 7) is 12.2. The van der Waals surface area contributed by atoms with Gasteiger partial charge in [0.15, 0.2) is 0 Å². The van der Waals surface area contributed by atoms with Crippen LogP contribution in [0.25, 0.3) is 0 Å². The highest BCUT2D eigenvalue weighted by atomic mass is 16.5. The van der Waals surface area contributed by atoms with E-state index in [1.54, 1.807) is 0 Å². The van der Waals surface area contributed by atoms with Crippen molar-refractivity contribution in [2.75, 3.05) is 13.2 Å². The first-order chi connectivity index (χ1) is 17.5. The molecule has 0 saturated heterocycles. The molecule has 0 amide bonds. The van der Waals surface area contributed by atoms with Crippen molar-refractivity contribution >= 4 is 11.9 Å². The van der Waals surface area contributed by atoms with E-state index >= 15 is 0 Å². The molecule has 3 unspecified atom stereocenters. The molecule has 0 N–H and O–H groups in total. The van der Waals surface area contributed by atoms with Gasteiger partial charge < -0.3 is 9.47 Å². The van der Waals surface area contributed by atoms with E-state index in [2.05, 4.69) is 34.6 Å². The molecular weight excluding hydrogens is 448 g/mol. The van der Waals surface area contributed by atoms with Crippen molar-refractivity contribution < 1.29 is 19.1 Å². The molecule has 0 rings (SSSR count). The predicted octanol–water partition coefficient (Wildman–Crippen LogP) is 9.82. The van der Waals surface area contributed by atoms with Gasteiger partial charge in [-0.05, 0) is 37.0 Å². The van der Waals surface area contributed by atoms with Gasteiger partial charge in [-0.2, -0.15) is 0 Å². The summed E-state index contributed by atoms with van der Waals surface area (Å²) in [6, 6.07) is 0. The van der Waals surface area contributed by atoms with E-state index in [-0.39, 0.29) is 11.9 Å². The largest absolute Gasteiger partial charge is 0.465 e. The van der Waals surface area contributed by atoms with Crippen LogP contribution in [0.2, 0.25) is 0 Å². The molecule has 4 nitrogen and oxygen atoms in total. The summed E-state index contributed by atoms with van der Waals surface area (Å²) >= 11 is 0. The Labute approximate surface area is 225 Å². The number of carbonyl (C=O) groups is 2. The van der Waals surface area contributed by atoms with Crippen molar-refractivity contribution in [2.45, 2.75) is 163 Å². The zero-order chi connectivity index (χ0) is 26.9. The Hall–Kier alpha value is -1.06. The first-order valence-electron chi connectivity index (χ1n) is 15.8. The maximum atomic E-state index is 12.1. The third kappa shape index (κ3) is 22.2. The van der Waals surface area contributed by atoms with Crippen molar-refractivity contribution in [1.29, 1.82) is 0 Å². The number of esters is 2. The van der Waals surface area contributed by atoms with E-state index in [9.17, 15) is 9.59 Å². The zero-order valence-electron chi connectivity index (χ0n) is 24.9. The maximum absolute atomic E-state index is 12.1. The molecule has 0 saturated carbocycles. The normalized spacial score (nSPS) is 13.8. The number of hydrogen-bond acceptors (Lipinski definition) is 4. The highest BCUT2D eigenvalue weighted by Gasteiger charge is 2.13. The van der Waals surface area contributed by atoms with Crippen molar-refractivity contribution in [3.05, 3.63) is 0 Å². The molecule has 0 aliphatic carbocycles. The minimum atomic E-state index is -0.0113. The van der Waals surface area contributed by atoms with Crippen LogP contribution in [0, 0.1) is 17.8 Å². The Balaban J connectivity index is 3.55. The summed E-state index contributed by atoms with van der Waals surface area (Å²) in [7, 11) is 0. The Morgan fingerprint density at radius 2 is 1.00 bits per heavy atom. The van der Waals surface area contributed by atoms with E-state index in [1.807, 2.05) is 0 Å². The number of hydrogen-bond donors (Lipinski definition) is 0. The van der Waals surface area contributed by atoms with Gasteiger partial charge in [-0.3, -0.25) is 9.59 Å². The molecule has 0 aliphatic heterocycles. The molecule has 0 bridgehead atoms. The summed E-state index contributed by atoms with van der Waals surface area (Å²) in [5.74, 6) is 1.46. The van der Waals surface area contributed by atoms with Crippen LogP contribution >= 0.6 is 0 Å². The number of carbonyl (C=O) groups excluding carboxylic acids is 2. The molecule has 0 aromatic heterocycles. The van der Waals surface area contributed by atoms with Crippen LogP contribution in [-0.4, -0.2) is 25.2 Å². The first kappa shape index (κ1) is 34.9. The second kappa shape index (κ2) is 25.6. The smallest absolute Gasteiger partial charge is 0.306 e. The lowest BCUT2D eigenvalue weighted by Crippen LogP contribution is -2.15. The van der Waals surface area contributed by atoms with Crippen LogP contribution < -0.4 is 0 Å². The standard InChI is InChI=1S/C32H62O4/c1-6-10-22-29(8-3)26-35-31(33)24-20-18-16-14-12-13-15-17-19-21-28(5)25-32(34)36-27-30(9-4)23-11-7-2/h28-30H,6-27H2,1-5H3. The Kier molecular flexibility index (Phi) is 24.8. The average molecular weight is 511 g/mol. The fourth-order valence-electron chi connectivity index (χ4n) is 4.74. The van der Waals surface area contributed by atoms with Gasteiger partial charge in [-0.15, -0.1) is 0 Å². The van der Waals surface area contributed by atoms with Crippen LogP contribution in [0.5, 0.6) is 0 Å². The van der Waals surface area contributed by atoms with Crippen molar-refractivity contribution in [1.82, 2.24) is 0 Å². The minimum absolute atomic E-state index is 0.00966. The summed E-state index contributed by atoms with van der Waals surface area (Å²) in [6.07, 6.45) is 22.6. The molecule has 3 atom stereocenters. The third-order valence-corrected chi connectivity index (χ3v) is 7.64. The van der Waals surface area contributed by atoms with E-state index in [4.69, 9.17) is 9.47 Å². The van der Waals surface area contributed by atoms with Crippen molar-refractivity contribution in [3.8, 4) is 0 Å². The van der Waals surface area contributed by atoms with E-state index in [1.165, 1.54) is 83.5 Å². The second-order valence-electron chi connectivity index (χ2n) is 11.2. The first-order valence-corrected chi connectivity index (χ1v) is 15.8. The number of unbranched alkanes of at least 4 members (excludes halogenated alkanes) is 10. The van der Waals surface area contributed by atoms with Crippen LogP contribution in [0.15, 0.2) is 0 Å². The lowest BCUT2D eigenvalue weighted by molar-refractivity contribution is -0.146. The van der Waals surface area contributed by atoms with Gasteiger partial charge in [0, 0.05) is 12.8 Å². The van der Waals surface area contributed by atoms with Crippen molar-refractivity contribution in [3.63, 3.8) is 0 Å². The zero-order valence-corrected chi connectivity index (χ0v) is 24.9. The SMILES string of the molecule is CCCCC(CC)COC(=O)CCCCCCCCCCCC(C)CC(=O)OCC(CC)CCCC. The van der Waals surface area contributed by atoms with Gasteiger partial charge in [-0.25, -0.2) is 0 Å². The fourth-order valence-corrected chi connectivity index (χ4v) is 4.74. The van der Waals surface area contributed by atoms with Gasteiger partial charge in [0.05, 0.1) is 13.2 Å². The number of rotatable bonds is 26. The summed E-state index contributed by atoms with van der Waals surface area (Å²) in [5.41, 5.74) is 0. The van der Waals surface area contributed by atoms with E-state index < -0.39 is 0 Å². The molecule has 0 spiro atoms. The monoisotopic (exact) mass is 510 g/mol. The summed E-state index contributed by atoms with van der Waals surface area (Å²) in [4.78, 5) is 24.1. The van der Waals surface area contributed by atoms with E-state index in [0.717, 1.165) is 32.1 Å². The summed E-state index contributed by atoms with van der Waals surface area (Å²) in [5, 5.41) is 0. The van der Waals surface area contributed by atoms with Crippen LogP contribution in [0.4, 0.5) is 0 Å². The molecule has 36 heavy (non-hydrogen) atoms. The maximum Gasteiger partial charge on any atom is 0.306 e. The molecule has 214 valence electrons. The number of ether oxygens (including phenoxy) is 2. The quantitative estimate of drug-likeness (QED) is 0.0858. The molecule has 0 heterocycles. The molecule has 4 heteroatoms. The van der Waals surface area contributed by atoms with Gasteiger partial charge in [-0.1, -0.05) is 131 Å². The van der Waals surface area contributed by atoms with Gasteiger partial charge in [0.2, 0.25) is 0 Å². The van der Waals surface area contributed by atoms with Crippen LogP contribution in [0.1, 0.15) is 163 Å². The summed E-state index contributed by atoms with van der Waals surface area (Å²) < 4.78 is 11.0. The predicted molar refractivity (Wildman–Crippen MR) is 153 cm³/mol. The Bertz CT molecular complexity index is 504. The van der Waals surface area contributed by atoms with Crippen LogP contribution in [0.3, 0.4) is 0 Å². The fraction of sp³-hybridized carbons (Fsp3) is 0.938. The molecule has 0 fully saturated rings. The van der Waals surface area contributed by atoms with Gasteiger partial charge in [0.1, 0.15) is 0 Å². The Morgan fingerprint density at radius 1 is 0.556 bits per heavy atom. The molecule has 0 radical (unpaired) electrons. The second-order valence-corrected chi connectivity index (χ2v) is 11.2. The highest BCUT2D eigenvalue weighted by molar-refractivity contribution is 5.69. The third-order valence-electron chi connectivity index (χ3n) is 7.64. The molecule has 0 aliphatic rings. The molecule has 0 aromatic carbocycles. The topological polar surface area (TPSA) is 52.6 Å². The minimum Gasteiger partial charge on any atom is -0.465 e. The molecule has 0 aromatic rings. The van der Waals surface area contributed by atoms with Crippen molar-refractivity contribution in [2.24, 2.45) is 17.8 Å². The molecular formula is C32H62O4. The highest BCUT2D eigenvalue weighted by Crippen LogP contribution is 2.18. The van der Waals surface area contributed by atoms with Gasteiger partial charge >= 0.3 is 11.9 Å². The van der Waals surface area contributed by atoms with Crippen LogP contribution in [-0.2, 0) is 19.1 Å².